The van der Waals surface area contributed by atoms with Gasteiger partial charge in [-0.15, -0.1) is 0 Å². The molecule has 0 aliphatic rings. The van der Waals surface area contributed by atoms with Crippen molar-refractivity contribution in [1.29, 1.82) is 0 Å². The zero-order valence-electron chi connectivity index (χ0n) is 8.75. The van der Waals surface area contributed by atoms with Crippen molar-refractivity contribution in [2.75, 3.05) is 0 Å². The molecule has 4 heteroatoms. The van der Waals surface area contributed by atoms with Crippen LogP contribution in [0.4, 0.5) is 5.69 Å². The van der Waals surface area contributed by atoms with E-state index in [1.165, 1.54) is 18.3 Å². The predicted molar refractivity (Wildman–Crippen MR) is 61.1 cm³/mol. The normalized spacial score (nSPS) is 10.1. The van der Waals surface area contributed by atoms with Crippen LogP contribution >= 0.6 is 0 Å². The summed E-state index contributed by atoms with van der Waals surface area (Å²) in [5, 5.41) is 10.6. The van der Waals surface area contributed by atoms with Gasteiger partial charge in [0.2, 0.25) is 0 Å². The smallest absolute Gasteiger partial charge is 0.258 e. The summed E-state index contributed by atoms with van der Waals surface area (Å²) in [5.41, 5.74) is 2.67. The average molecular weight is 214 g/mol. The topological polar surface area (TPSA) is 56.0 Å². The van der Waals surface area contributed by atoms with Crippen molar-refractivity contribution in [1.82, 2.24) is 4.98 Å². The summed E-state index contributed by atoms with van der Waals surface area (Å²) in [6.07, 6.45) is 1.46. The molecule has 2 rings (SSSR count). The van der Waals surface area contributed by atoms with Crippen molar-refractivity contribution >= 4 is 5.69 Å². The number of hydrogen-bond donors (Lipinski definition) is 0. The lowest BCUT2D eigenvalue weighted by atomic mass is 10.1. The van der Waals surface area contributed by atoms with E-state index in [1.807, 2.05) is 31.2 Å². The van der Waals surface area contributed by atoms with Crippen LogP contribution in [0.2, 0.25) is 0 Å². The van der Waals surface area contributed by atoms with Crippen LogP contribution in [0.15, 0.2) is 42.6 Å². The van der Waals surface area contributed by atoms with Crippen LogP contribution in [0.25, 0.3) is 11.3 Å². The molecule has 1 aromatic heterocycles. The van der Waals surface area contributed by atoms with E-state index in [0.29, 0.717) is 5.69 Å². The van der Waals surface area contributed by atoms with Crippen LogP contribution in [-0.4, -0.2) is 9.91 Å². The van der Waals surface area contributed by atoms with Crippen molar-refractivity contribution in [2.24, 2.45) is 0 Å². The minimum atomic E-state index is -0.413. The standard InChI is InChI=1S/C12H10N2O2/c1-9-4-2-3-5-11(9)12-8-10(14(15)16)6-7-13-12/h2-8H,1H3. The molecule has 16 heavy (non-hydrogen) atoms. The van der Waals surface area contributed by atoms with Crippen molar-refractivity contribution < 1.29 is 4.92 Å². The van der Waals surface area contributed by atoms with E-state index in [-0.39, 0.29) is 5.69 Å². The molecule has 0 atom stereocenters. The lowest BCUT2D eigenvalue weighted by molar-refractivity contribution is -0.384. The molecule has 0 saturated heterocycles. The Labute approximate surface area is 92.7 Å². The van der Waals surface area contributed by atoms with Crippen molar-refractivity contribution in [3.8, 4) is 11.3 Å². The van der Waals surface area contributed by atoms with E-state index in [2.05, 4.69) is 4.98 Å². The zero-order chi connectivity index (χ0) is 11.5. The van der Waals surface area contributed by atoms with Gasteiger partial charge in [-0.2, -0.15) is 0 Å². The Bertz CT molecular complexity index is 538. The molecule has 0 amide bonds. The van der Waals surface area contributed by atoms with E-state index in [0.717, 1.165) is 11.1 Å². The molecule has 4 nitrogen and oxygen atoms in total. The Morgan fingerprint density at radius 2 is 2.00 bits per heavy atom. The third-order valence-electron chi connectivity index (χ3n) is 2.38. The lowest BCUT2D eigenvalue weighted by Crippen LogP contribution is -1.91. The number of nitro groups is 1. The number of pyridine rings is 1. The monoisotopic (exact) mass is 214 g/mol. The molecule has 0 saturated carbocycles. The number of aromatic nitrogens is 1. The Morgan fingerprint density at radius 3 is 2.69 bits per heavy atom. The van der Waals surface area contributed by atoms with Gasteiger partial charge < -0.3 is 0 Å². The first-order chi connectivity index (χ1) is 7.68. The highest BCUT2D eigenvalue weighted by Crippen LogP contribution is 2.23. The number of rotatable bonds is 2. The maximum absolute atomic E-state index is 10.6. The van der Waals surface area contributed by atoms with Gasteiger partial charge in [0.25, 0.3) is 5.69 Å². The third-order valence-corrected chi connectivity index (χ3v) is 2.38. The average Bonchev–Trinajstić information content (AvgIpc) is 2.30. The Morgan fingerprint density at radius 1 is 1.25 bits per heavy atom. The number of nitrogens with zero attached hydrogens (tertiary/aromatic N) is 2. The first-order valence-corrected chi connectivity index (χ1v) is 4.85. The largest absolute Gasteiger partial charge is 0.273 e. The molecule has 0 unspecified atom stereocenters. The Kier molecular flexibility index (Phi) is 2.64. The molecule has 80 valence electrons. The van der Waals surface area contributed by atoms with Crippen LogP contribution in [0.3, 0.4) is 0 Å². The number of hydrogen-bond acceptors (Lipinski definition) is 3. The van der Waals surface area contributed by atoms with Gasteiger partial charge in [-0.25, -0.2) is 0 Å². The third kappa shape index (κ3) is 1.91. The lowest BCUT2D eigenvalue weighted by Gasteiger charge is -2.03. The molecule has 1 aromatic carbocycles. The van der Waals surface area contributed by atoms with E-state index in [1.54, 1.807) is 0 Å². The van der Waals surface area contributed by atoms with Crippen molar-refractivity contribution in [2.45, 2.75) is 6.92 Å². The fraction of sp³-hybridized carbons (Fsp3) is 0.0833. The van der Waals surface area contributed by atoms with Gasteiger partial charge in [-0.1, -0.05) is 24.3 Å². The summed E-state index contributed by atoms with van der Waals surface area (Å²) >= 11 is 0. The van der Waals surface area contributed by atoms with Gasteiger partial charge >= 0.3 is 0 Å². The molecule has 0 aliphatic heterocycles. The zero-order valence-corrected chi connectivity index (χ0v) is 8.75. The summed E-state index contributed by atoms with van der Waals surface area (Å²) in [4.78, 5) is 14.4. The quantitative estimate of drug-likeness (QED) is 0.570. The summed E-state index contributed by atoms with van der Waals surface area (Å²) in [5.74, 6) is 0. The molecular weight excluding hydrogens is 204 g/mol. The van der Waals surface area contributed by atoms with Gasteiger partial charge in [0, 0.05) is 23.9 Å². The van der Waals surface area contributed by atoms with Crippen LogP contribution in [0, 0.1) is 17.0 Å². The molecule has 0 fully saturated rings. The van der Waals surface area contributed by atoms with E-state index >= 15 is 0 Å². The molecule has 0 radical (unpaired) electrons. The molecule has 2 aromatic rings. The Balaban J connectivity index is 2.53. The first-order valence-electron chi connectivity index (χ1n) is 4.85. The first kappa shape index (κ1) is 10.3. The summed E-state index contributed by atoms with van der Waals surface area (Å²) in [6.45, 7) is 1.95. The second-order valence-corrected chi connectivity index (χ2v) is 3.47. The summed E-state index contributed by atoms with van der Waals surface area (Å²) in [6, 6.07) is 10.6. The summed E-state index contributed by atoms with van der Waals surface area (Å²) in [7, 11) is 0. The van der Waals surface area contributed by atoms with Crippen molar-refractivity contribution in [3.05, 3.63) is 58.3 Å². The fourth-order valence-electron chi connectivity index (χ4n) is 1.54. The molecule has 0 aliphatic carbocycles. The van der Waals surface area contributed by atoms with Crippen LogP contribution in [-0.2, 0) is 0 Å². The molecule has 0 N–H and O–H groups in total. The van der Waals surface area contributed by atoms with Gasteiger partial charge in [0.05, 0.1) is 10.6 Å². The molecule has 0 spiro atoms. The second kappa shape index (κ2) is 4.10. The van der Waals surface area contributed by atoms with Gasteiger partial charge in [-0.05, 0) is 12.5 Å². The minimum absolute atomic E-state index is 0.0632. The predicted octanol–water partition coefficient (Wildman–Crippen LogP) is 2.97. The van der Waals surface area contributed by atoms with E-state index in [9.17, 15) is 10.1 Å². The summed E-state index contributed by atoms with van der Waals surface area (Å²) < 4.78 is 0. The Hall–Kier alpha value is -2.23. The molecular formula is C12H10N2O2. The van der Waals surface area contributed by atoms with Gasteiger partial charge in [0.15, 0.2) is 0 Å². The highest BCUT2D eigenvalue weighted by molar-refractivity contribution is 5.65. The maximum Gasteiger partial charge on any atom is 0.273 e. The van der Waals surface area contributed by atoms with Gasteiger partial charge in [-0.3, -0.25) is 15.1 Å². The fourth-order valence-corrected chi connectivity index (χ4v) is 1.54. The van der Waals surface area contributed by atoms with E-state index in [4.69, 9.17) is 0 Å². The van der Waals surface area contributed by atoms with E-state index < -0.39 is 4.92 Å². The van der Waals surface area contributed by atoms with Crippen molar-refractivity contribution in [3.63, 3.8) is 0 Å². The second-order valence-electron chi connectivity index (χ2n) is 3.47. The van der Waals surface area contributed by atoms with Crippen LogP contribution in [0.5, 0.6) is 0 Å². The highest BCUT2D eigenvalue weighted by Gasteiger charge is 2.09. The van der Waals surface area contributed by atoms with Crippen LogP contribution in [0.1, 0.15) is 5.56 Å². The number of aryl methyl sites for hydroxylation is 1. The highest BCUT2D eigenvalue weighted by atomic mass is 16.6. The van der Waals surface area contributed by atoms with Crippen LogP contribution < -0.4 is 0 Å². The maximum atomic E-state index is 10.6. The van der Waals surface area contributed by atoms with Gasteiger partial charge in [0.1, 0.15) is 0 Å². The SMILES string of the molecule is Cc1ccccc1-c1cc([N+](=O)[O-])ccn1. The number of benzene rings is 1. The molecule has 0 bridgehead atoms. The minimum Gasteiger partial charge on any atom is -0.258 e. The molecule has 1 heterocycles.